The highest BCUT2D eigenvalue weighted by atomic mass is 35.5. The molecule has 1 atom stereocenters. The fourth-order valence-electron chi connectivity index (χ4n) is 2.09. The van der Waals surface area contributed by atoms with Gasteiger partial charge in [-0.15, -0.1) is 0 Å². The van der Waals surface area contributed by atoms with Crippen molar-refractivity contribution in [1.82, 2.24) is 9.62 Å². The van der Waals surface area contributed by atoms with Crippen LogP contribution in [-0.4, -0.2) is 32.4 Å². The van der Waals surface area contributed by atoms with E-state index in [0.717, 1.165) is 24.9 Å². The molecule has 0 amide bonds. The van der Waals surface area contributed by atoms with E-state index in [1.807, 2.05) is 20.8 Å². The molecule has 0 heterocycles. The molecule has 6 heteroatoms. The zero-order valence-electron chi connectivity index (χ0n) is 13.2. The van der Waals surface area contributed by atoms with Gasteiger partial charge in [0.1, 0.15) is 0 Å². The number of nitrogens with one attached hydrogen (secondary N) is 1. The van der Waals surface area contributed by atoms with Gasteiger partial charge in [-0.05, 0) is 37.6 Å². The molecule has 1 aromatic rings. The summed E-state index contributed by atoms with van der Waals surface area (Å²) in [5.74, 6) is 0. The van der Waals surface area contributed by atoms with E-state index in [9.17, 15) is 8.42 Å². The summed E-state index contributed by atoms with van der Waals surface area (Å²) in [7, 11) is -1.87. The van der Waals surface area contributed by atoms with Crippen LogP contribution in [0.2, 0.25) is 5.02 Å². The van der Waals surface area contributed by atoms with Crippen molar-refractivity contribution in [3.63, 3.8) is 0 Å². The Kier molecular flexibility index (Phi) is 7.13. The van der Waals surface area contributed by atoms with Crippen molar-refractivity contribution in [2.24, 2.45) is 0 Å². The van der Waals surface area contributed by atoms with Gasteiger partial charge in [-0.25, -0.2) is 8.42 Å². The maximum Gasteiger partial charge on any atom is 0.243 e. The van der Waals surface area contributed by atoms with Crippen LogP contribution in [0.15, 0.2) is 23.1 Å². The van der Waals surface area contributed by atoms with Gasteiger partial charge in [-0.3, -0.25) is 0 Å². The van der Waals surface area contributed by atoms with Crippen LogP contribution < -0.4 is 5.32 Å². The van der Waals surface area contributed by atoms with E-state index >= 15 is 0 Å². The number of nitrogens with zero attached hydrogens (tertiary/aromatic N) is 1. The van der Waals surface area contributed by atoms with E-state index in [1.165, 1.54) is 4.31 Å². The molecule has 0 aromatic heterocycles. The van der Waals surface area contributed by atoms with Crippen LogP contribution in [0, 0.1) is 0 Å². The molecule has 120 valence electrons. The maximum absolute atomic E-state index is 12.6. The molecule has 0 radical (unpaired) electrons. The van der Waals surface area contributed by atoms with Crippen LogP contribution in [0.5, 0.6) is 0 Å². The van der Waals surface area contributed by atoms with Crippen molar-refractivity contribution in [2.75, 3.05) is 13.6 Å². The molecule has 0 aliphatic carbocycles. The molecule has 0 bridgehead atoms. The molecular weight excluding hydrogens is 308 g/mol. The van der Waals surface area contributed by atoms with E-state index in [4.69, 9.17) is 11.6 Å². The topological polar surface area (TPSA) is 49.4 Å². The lowest BCUT2D eigenvalue weighted by molar-refractivity contribution is 0.369. The van der Waals surface area contributed by atoms with Gasteiger partial charge in [0, 0.05) is 24.7 Å². The summed E-state index contributed by atoms with van der Waals surface area (Å²) in [6, 6.07) is 4.91. The van der Waals surface area contributed by atoms with Crippen LogP contribution in [-0.2, 0) is 16.6 Å². The van der Waals surface area contributed by atoms with Gasteiger partial charge in [-0.2, -0.15) is 4.31 Å². The lowest BCUT2D eigenvalue weighted by Gasteiger charge is -2.24. The summed E-state index contributed by atoms with van der Waals surface area (Å²) in [4.78, 5) is 0.248. The number of hydrogen-bond donors (Lipinski definition) is 1. The molecule has 0 aliphatic rings. The third kappa shape index (κ3) is 4.68. The second kappa shape index (κ2) is 8.13. The Balaban J connectivity index is 3.01. The predicted octanol–water partition coefficient (Wildman–Crippen LogP) is 3.26. The molecule has 4 nitrogen and oxygen atoms in total. The van der Waals surface area contributed by atoms with Gasteiger partial charge < -0.3 is 5.32 Å². The summed E-state index contributed by atoms with van der Waals surface area (Å²) in [5, 5.41) is 3.66. The molecule has 0 aliphatic heterocycles. The lowest BCUT2D eigenvalue weighted by Crippen LogP contribution is -2.35. The monoisotopic (exact) mass is 332 g/mol. The van der Waals surface area contributed by atoms with Gasteiger partial charge in [0.2, 0.25) is 10.0 Å². The molecule has 21 heavy (non-hydrogen) atoms. The molecule has 0 saturated heterocycles. The van der Waals surface area contributed by atoms with E-state index in [0.29, 0.717) is 11.6 Å². The zero-order valence-corrected chi connectivity index (χ0v) is 14.8. The summed E-state index contributed by atoms with van der Waals surface area (Å²) in [6.45, 7) is 7.45. The average Bonchev–Trinajstić information content (AvgIpc) is 2.45. The molecular formula is C15H25ClN2O2S. The summed E-state index contributed by atoms with van der Waals surface area (Å²) in [5.41, 5.74) is 0.904. The van der Waals surface area contributed by atoms with Crippen LogP contribution in [0.4, 0.5) is 0 Å². The predicted molar refractivity (Wildman–Crippen MR) is 88.2 cm³/mol. The van der Waals surface area contributed by atoms with Crippen molar-refractivity contribution in [3.05, 3.63) is 28.8 Å². The summed E-state index contributed by atoms with van der Waals surface area (Å²) < 4.78 is 26.6. The maximum atomic E-state index is 12.6. The van der Waals surface area contributed by atoms with E-state index in [1.54, 1.807) is 25.2 Å². The quantitative estimate of drug-likeness (QED) is 0.795. The fourth-order valence-corrected chi connectivity index (χ4v) is 3.82. The molecule has 1 unspecified atom stereocenters. The first-order valence-electron chi connectivity index (χ1n) is 7.31. The first-order valence-corrected chi connectivity index (χ1v) is 9.13. The van der Waals surface area contributed by atoms with Crippen molar-refractivity contribution < 1.29 is 8.42 Å². The lowest BCUT2D eigenvalue weighted by atomic mass is 10.2. The van der Waals surface area contributed by atoms with Gasteiger partial charge in [0.25, 0.3) is 0 Å². The smallest absolute Gasteiger partial charge is 0.243 e. The fraction of sp³-hybridized carbons (Fsp3) is 0.600. The third-order valence-electron chi connectivity index (χ3n) is 3.59. The molecule has 0 saturated carbocycles. The minimum atomic E-state index is -3.49. The Morgan fingerprint density at radius 2 is 2.00 bits per heavy atom. The number of sulfonamides is 1. The van der Waals surface area contributed by atoms with Crippen LogP contribution in [0.25, 0.3) is 0 Å². The Morgan fingerprint density at radius 1 is 1.33 bits per heavy atom. The summed E-state index contributed by atoms with van der Waals surface area (Å²) >= 11 is 6.19. The first-order chi connectivity index (χ1) is 9.84. The van der Waals surface area contributed by atoms with E-state index < -0.39 is 10.0 Å². The van der Waals surface area contributed by atoms with Crippen molar-refractivity contribution in [2.45, 2.75) is 51.1 Å². The Hall–Kier alpha value is -0.620. The highest BCUT2D eigenvalue weighted by molar-refractivity contribution is 7.89. The van der Waals surface area contributed by atoms with Crippen molar-refractivity contribution in [1.29, 1.82) is 0 Å². The Bertz CT molecular complexity index is 561. The van der Waals surface area contributed by atoms with E-state index in [-0.39, 0.29) is 10.9 Å². The number of rotatable bonds is 8. The largest absolute Gasteiger partial charge is 0.313 e. The minimum absolute atomic E-state index is 0.0276. The minimum Gasteiger partial charge on any atom is -0.313 e. The first kappa shape index (κ1) is 18.4. The number of halogens is 1. The standard InChI is InChI=1S/C15H25ClN2O2S/c1-5-7-12(3)18(4)21(19,20)14-9-8-13(11-17-6-2)15(16)10-14/h8-10,12,17H,5-7,11H2,1-4H3. The third-order valence-corrected chi connectivity index (χ3v) is 5.91. The van der Waals surface area contributed by atoms with Gasteiger partial charge in [0.15, 0.2) is 0 Å². The molecule has 0 spiro atoms. The van der Waals surface area contributed by atoms with Crippen LogP contribution >= 0.6 is 11.6 Å². The highest BCUT2D eigenvalue weighted by Crippen LogP contribution is 2.24. The molecule has 1 aromatic carbocycles. The average molecular weight is 333 g/mol. The molecule has 0 fully saturated rings. The summed E-state index contributed by atoms with van der Waals surface area (Å²) in [6.07, 6.45) is 1.78. The van der Waals surface area contributed by atoms with Gasteiger partial charge >= 0.3 is 0 Å². The second-order valence-electron chi connectivity index (χ2n) is 5.19. The molecule has 1 N–H and O–H groups in total. The van der Waals surface area contributed by atoms with E-state index in [2.05, 4.69) is 5.32 Å². The second-order valence-corrected chi connectivity index (χ2v) is 7.60. The number of hydrogen-bond acceptors (Lipinski definition) is 3. The van der Waals surface area contributed by atoms with Gasteiger partial charge in [0.05, 0.1) is 4.90 Å². The van der Waals surface area contributed by atoms with Crippen LogP contribution in [0.1, 0.15) is 39.2 Å². The SMILES string of the molecule is CCCC(C)N(C)S(=O)(=O)c1ccc(CNCC)c(Cl)c1. The number of benzene rings is 1. The molecule has 1 rings (SSSR count). The van der Waals surface area contributed by atoms with Gasteiger partial charge in [-0.1, -0.05) is 37.9 Å². The Labute approximate surface area is 133 Å². The normalized spacial score (nSPS) is 13.6. The zero-order chi connectivity index (χ0) is 16.0. The van der Waals surface area contributed by atoms with Crippen molar-refractivity contribution in [3.8, 4) is 0 Å². The highest BCUT2D eigenvalue weighted by Gasteiger charge is 2.25. The Morgan fingerprint density at radius 3 is 2.52 bits per heavy atom. The van der Waals surface area contributed by atoms with Crippen molar-refractivity contribution >= 4 is 21.6 Å². The van der Waals surface area contributed by atoms with Crippen LogP contribution in [0.3, 0.4) is 0 Å².